The molecular weight excluding hydrogens is 579 g/mol. The van der Waals surface area contributed by atoms with Gasteiger partial charge in [-0.2, -0.15) is 0 Å². The molecule has 8 nitrogen and oxygen atoms in total. The summed E-state index contributed by atoms with van der Waals surface area (Å²) in [5.41, 5.74) is 4.26. The number of amides is 3. The molecule has 1 aliphatic heterocycles. The summed E-state index contributed by atoms with van der Waals surface area (Å²) in [4.78, 5) is 45.6. The number of alkyl halides is 1. The van der Waals surface area contributed by atoms with Crippen molar-refractivity contribution in [2.75, 3.05) is 11.0 Å². The molecule has 3 N–H and O–H groups in total. The van der Waals surface area contributed by atoms with Crippen molar-refractivity contribution in [2.45, 2.75) is 65.3 Å². The van der Waals surface area contributed by atoms with E-state index in [1.165, 1.54) is 4.90 Å². The Morgan fingerprint density at radius 1 is 1.26 bits per heavy atom. The Kier molecular flexibility index (Phi) is 9.28. The Morgan fingerprint density at radius 3 is 2.51 bits per heavy atom. The number of nitrogens with zero attached hydrogens (tertiary/aromatic N) is 2. The lowest BCUT2D eigenvalue weighted by atomic mass is 9.85. The van der Waals surface area contributed by atoms with Gasteiger partial charge in [-0.15, -0.1) is 11.3 Å². The van der Waals surface area contributed by atoms with Gasteiger partial charge >= 0.3 is 0 Å². The zero-order valence-electron chi connectivity index (χ0n) is 20.5. The highest BCUT2D eigenvalue weighted by molar-refractivity contribution is 14.1. The van der Waals surface area contributed by atoms with Crippen LogP contribution in [0, 0.1) is 12.3 Å². The molecule has 2 heterocycles. The Bertz CT molecular complexity index is 1050. The Morgan fingerprint density at radius 2 is 1.94 bits per heavy atom. The van der Waals surface area contributed by atoms with Gasteiger partial charge in [0.25, 0.3) is 0 Å². The van der Waals surface area contributed by atoms with Crippen LogP contribution in [0.25, 0.3) is 10.4 Å². The summed E-state index contributed by atoms with van der Waals surface area (Å²) >= 11 is 3.70. The number of thiazole rings is 1. The highest BCUT2D eigenvalue weighted by atomic mass is 127. The van der Waals surface area contributed by atoms with Crippen LogP contribution in [0.3, 0.4) is 0 Å². The smallest absolute Gasteiger partial charge is 0.246 e. The number of hydrogen-bond donors (Lipinski definition) is 3. The van der Waals surface area contributed by atoms with E-state index in [0.717, 1.165) is 21.7 Å². The molecule has 3 amide bonds. The summed E-state index contributed by atoms with van der Waals surface area (Å²) in [6, 6.07) is 6.34. The third kappa shape index (κ3) is 7.01. The molecule has 3 atom stereocenters. The molecule has 10 heteroatoms. The molecule has 0 aliphatic carbocycles. The third-order valence-electron chi connectivity index (χ3n) is 6.03. The normalized spacial score (nSPS) is 18.9. The first kappa shape index (κ1) is 27.5. The number of rotatable bonds is 8. The predicted molar refractivity (Wildman–Crippen MR) is 145 cm³/mol. The largest absolute Gasteiger partial charge is 0.391 e. The van der Waals surface area contributed by atoms with Gasteiger partial charge in [0.15, 0.2) is 0 Å². The number of β-amino-alcohol motifs (C(OH)–C–C–N with tert-alkyl or cyclic N) is 1. The maximum absolute atomic E-state index is 13.5. The van der Waals surface area contributed by atoms with Crippen molar-refractivity contribution in [3.05, 3.63) is 41.0 Å². The number of halogens is 1. The van der Waals surface area contributed by atoms with E-state index in [4.69, 9.17) is 0 Å². The quantitative estimate of drug-likeness (QED) is 0.314. The summed E-state index contributed by atoms with van der Waals surface area (Å²) < 4.78 is 0.646. The van der Waals surface area contributed by atoms with Crippen LogP contribution in [0.15, 0.2) is 29.8 Å². The van der Waals surface area contributed by atoms with Crippen molar-refractivity contribution < 1.29 is 19.5 Å². The van der Waals surface area contributed by atoms with E-state index >= 15 is 0 Å². The molecule has 2 aromatic rings. The molecule has 0 bridgehead atoms. The van der Waals surface area contributed by atoms with Crippen LogP contribution in [-0.2, 0) is 20.9 Å². The third-order valence-corrected chi connectivity index (χ3v) is 7.55. The molecule has 3 rings (SSSR count). The minimum absolute atomic E-state index is 0.0640. The second-order valence-corrected chi connectivity index (χ2v) is 11.8. The highest BCUT2D eigenvalue weighted by Gasteiger charge is 2.44. The van der Waals surface area contributed by atoms with Crippen molar-refractivity contribution in [3.63, 3.8) is 0 Å². The summed E-state index contributed by atoms with van der Waals surface area (Å²) in [5, 5.41) is 16.0. The van der Waals surface area contributed by atoms with Gasteiger partial charge in [0.1, 0.15) is 12.1 Å². The number of benzene rings is 1. The first-order valence-corrected chi connectivity index (χ1v) is 14.0. The van der Waals surface area contributed by atoms with Crippen LogP contribution in [0.1, 0.15) is 44.9 Å². The molecule has 0 spiro atoms. The number of carbonyl (C=O) groups is 3. The monoisotopic (exact) mass is 612 g/mol. The predicted octanol–water partition coefficient (Wildman–Crippen LogP) is 3.05. The van der Waals surface area contributed by atoms with Crippen LogP contribution in [0.4, 0.5) is 0 Å². The van der Waals surface area contributed by atoms with Crippen molar-refractivity contribution in [3.8, 4) is 10.4 Å². The summed E-state index contributed by atoms with van der Waals surface area (Å²) in [6.45, 7) is 7.97. The minimum atomic E-state index is -0.790. The van der Waals surface area contributed by atoms with E-state index in [2.05, 4.69) is 38.2 Å². The molecule has 1 aliphatic rings. The standard InChI is InChI=1S/C25H33IN4O4S/c1-15-21(35-14-28-15)17-7-5-16(6-8-17)12-27-23(33)19-11-18(31)13-30(19)24(34)22(25(2,3)4)29-20(32)9-10-26/h5-8,14,18-19,22,31H,9-13H2,1-4H3,(H,27,33)(H,29,32)/t18-,19+,22-/m1/s1. The van der Waals surface area contributed by atoms with Crippen LogP contribution in [0.5, 0.6) is 0 Å². The Balaban J connectivity index is 1.67. The maximum Gasteiger partial charge on any atom is 0.246 e. The molecule has 0 radical (unpaired) electrons. The zero-order valence-corrected chi connectivity index (χ0v) is 23.5. The molecule has 190 valence electrons. The van der Waals surface area contributed by atoms with E-state index in [1.807, 2.05) is 57.5 Å². The summed E-state index contributed by atoms with van der Waals surface area (Å²) in [5.74, 6) is -0.866. The summed E-state index contributed by atoms with van der Waals surface area (Å²) in [7, 11) is 0. The second kappa shape index (κ2) is 11.8. The number of aryl methyl sites for hydroxylation is 1. The SMILES string of the molecule is Cc1ncsc1-c1ccc(CNC(=O)[C@@H]2C[C@@H](O)CN2C(=O)[C@@H](NC(=O)CCI)C(C)(C)C)cc1. The molecule has 1 saturated heterocycles. The van der Waals surface area contributed by atoms with E-state index < -0.39 is 23.6 Å². The van der Waals surface area contributed by atoms with Gasteiger partial charge in [0.2, 0.25) is 17.7 Å². The van der Waals surface area contributed by atoms with E-state index in [1.54, 1.807) is 11.3 Å². The first-order valence-electron chi connectivity index (χ1n) is 11.6. The fourth-order valence-corrected chi connectivity index (χ4v) is 5.40. The Labute approximate surface area is 224 Å². The van der Waals surface area contributed by atoms with Crippen molar-refractivity contribution in [2.24, 2.45) is 5.41 Å². The van der Waals surface area contributed by atoms with E-state index in [9.17, 15) is 19.5 Å². The van der Waals surface area contributed by atoms with Crippen molar-refractivity contribution >= 4 is 51.6 Å². The van der Waals surface area contributed by atoms with Gasteiger partial charge in [0, 0.05) is 30.4 Å². The number of aromatic nitrogens is 1. The van der Waals surface area contributed by atoms with Gasteiger partial charge in [-0.25, -0.2) is 4.98 Å². The van der Waals surface area contributed by atoms with Gasteiger partial charge in [-0.05, 0) is 23.5 Å². The zero-order chi connectivity index (χ0) is 25.8. The molecule has 0 saturated carbocycles. The Hall–Kier alpha value is -2.05. The van der Waals surface area contributed by atoms with Crippen LogP contribution < -0.4 is 10.6 Å². The fraction of sp³-hybridized carbons (Fsp3) is 0.520. The minimum Gasteiger partial charge on any atom is -0.391 e. The lowest BCUT2D eigenvalue weighted by Crippen LogP contribution is -2.57. The van der Waals surface area contributed by atoms with E-state index in [-0.39, 0.29) is 30.7 Å². The van der Waals surface area contributed by atoms with Gasteiger partial charge in [-0.3, -0.25) is 14.4 Å². The van der Waals surface area contributed by atoms with Crippen LogP contribution in [0.2, 0.25) is 0 Å². The van der Waals surface area contributed by atoms with Crippen molar-refractivity contribution in [1.82, 2.24) is 20.5 Å². The summed E-state index contributed by atoms with van der Waals surface area (Å²) in [6.07, 6.45) is -0.309. The number of hydrogen-bond acceptors (Lipinski definition) is 6. The van der Waals surface area contributed by atoms with Crippen molar-refractivity contribution in [1.29, 1.82) is 0 Å². The number of aliphatic hydroxyl groups is 1. The average Bonchev–Trinajstić information content (AvgIpc) is 3.40. The lowest BCUT2D eigenvalue weighted by molar-refractivity contribution is -0.144. The maximum atomic E-state index is 13.5. The number of likely N-dealkylation sites (tertiary alicyclic amines) is 1. The topological polar surface area (TPSA) is 112 Å². The lowest BCUT2D eigenvalue weighted by Gasteiger charge is -2.35. The number of carbonyl (C=O) groups excluding carboxylic acids is 3. The van der Waals surface area contributed by atoms with Gasteiger partial charge in [0.05, 0.1) is 22.2 Å². The second-order valence-electron chi connectivity index (χ2n) is 9.88. The van der Waals surface area contributed by atoms with E-state index in [0.29, 0.717) is 17.4 Å². The van der Waals surface area contributed by atoms with Crippen LogP contribution in [-0.4, -0.2) is 61.9 Å². The molecule has 1 aromatic carbocycles. The highest BCUT2D eigenvalue weighted by Crippen LogP contribution is 2.28. The first-order chi connectivity index (χ1) is 16.5. The number of aliphatic hydroxyl groups excluding tert-OH is 1. The molecular formula is C25H33IN4O4S. The van der Waals surface area contributed by atoms with Gasteiger partial charge < -0.3 is 20.6 Å². The molecule has 1 fully saturated rings. The number of nitrogens with one attached hydrogen (secondary N) is 2. The fourth-order valence-electron chi connectivity index (χ4n) is 4.10. The van der Waals surface area contributed by atoms with Gasteiger partial charge in [-0.1, -0.05) is 67.6 Å². The van der Waals surface area contributed by atoms with Crippen LogP contribution >= 0.6 is 33.9 Å². The molecule has 1 aromatic heterocycles. The molecule has 0 unspecified atom stereocenters. The average molecular weight is 613 g/mol. The molecule has 35 heavy (non-hydrogen) atoms.